The fraction of sp³-hybridized carbons (Fsp3) is 0.214. The number of hydrogen-bond acceptors (Lipinski definition) is 3. The minimum Gasteiger partial charge on any atom is -0.485 e. The van der Waals surface area contributed by atoms with E-state index in [4.69, 9.17) is 20.8 Å². The van der Waals surface area contributed by atoms with E-state index in [1.807, 2.05) is 13.0 Å². The Bertz CT molecular complexity index is 592. The summed E-state index contributed by atoms with van der Waals surface area (Å²) in [5.74, 6) is 1.35. The molecule has 4 nitrogen and oxygen atoms in total. The first-order valence-electron chi connectivity index (χ1n) is 5.80. The Balaban J connectivity index is 2.02. The number of aryl methyl sites for hydroxylation is 1. The smallest absolute Gasteiger partial charge is 0.286 e. The first kappa shape index (κ1) is 13.5. The quantitative estimate of drug-likeness (QED) is 0.935. The van der Waals surface area contributed by atoms with Gasteiger partial charge in [-0.1, -0.05) is 11.6 Å². The lowest BCUT2D eigenvalue weighted by molar-refractivity contribution is 0.0931. The molecule has 0 spiro atoms. The lowest BCUT2D eigenvalue weighted by Gasteiger charge is -2.07. The van der Waals surface area contributed by atoms with Crippen LogP contribution >= 0.6 is 11.6 Å². The SMILES string of the molecule is CNC(=O)c1ccc(COc2ccc(Cl)cc2C)o1. The Morgan fingerprint density at radius 1 is 1.37 bits per heavy atom. The first-order valence-corrected chi connectivity index (χ1v) is 6.17. The molecule has 0 atom stereocenters. The van der Waals surface area contributed by atoms with Gasteiger partial charge in [-0.2, -0.15) is 0 Å². The second kappa shape index (κ2) is 5.80. The number of furan rings is 1. The summed E-state index contributed by atoms with van der Waals surface area (Å²) in [7, 11) is 1.55. The zero-order valence-electron chi connectivity index (χ0n) is 10.7. The van der Waals surface area contributed by atoms with Gasteiger partial charge < -0.3 is 14.5 Å². The summed E-state index contributed by atoms with van der Waals surface area (Å²) < 4.78 is 11.0. The van der Waals surface area contributed by atoms with E-state index in [1.54, 1.807) is 31.3 Å². The fourth-order valence-electron chi connectivity index (χ4n) is 1.62. The second-order valence-corrected chi connectivity index (χ2v) is 4.48. The van der Waals surface area contributed by atoms with Crippen molar-refractivity contribution < 1.29 is 13.9 Å². The molecule has 1 N–H and O–H groups in total. The molecule has 1 heterocycles. The molecule has 0 saturated heterocycles. The molecule has 1 aromatic heterocycles. The van der Waals surface area contributed by atoms with Crippen molar-refractivity contribution in [3.8, 4) is 5.75 Å². The number of hydrogen-bond donors (Lipinski definition) is 1. The van der Waals surface area contributed by atoms with Crippen LogP contribution in [-0.2, 0) is 6.61 Å². The normalized spacial score (nSPS) is 10.3. The summed E-state index contributed by atoms with van der Waals surface area (Å²) in [6.45, 7) is 2.18. The van der Waals surface area contributed by atoms with E-state index in [-0.39, 0.29) is 18.3 Å². The van der Waals surface area contributed by atoms with Crippen LogP contribution in [0.25, 0.3) is 0 Å². The van der Waals surface area contributed by atoms with E-state index in [9.17, 15) is 4.79 Å². The van der Waals surface area contributed by atoms with Gasteiger partial charge in [0.25, 0.3) is 5.91 Å². The van der Waals surface area contributed by atoms with Crippen LogP contribution in [0.2, 0.25) is 5.02 Å². The molecule has 0 saturated carbocycles. The van der Waals surface area contributed by atoms with Gasteiger partial charge in [0.1, 0.15) is 18.1 Å². The zero-order chi connectivity index (χ0) is 13.8. The van der Waals surface area contributed by atoms with Crippen LogP contribution < -0.4 is 10.1 Å². The minimum absolute atomic E-state index is 0.256. The number of amides is 1. The molecule has 0 aliphatic rings. The molecule has 100 valence electrons. The summed E-state index contributed by atoms with van der Waals surface area (Å²) in [6.07, 6.45) is 0. The van der Waals surface area contributed by atoms with Crippen molar-refractivity contribution in [3.05, 3.63) is 52.4 Å². The van der Waals surface area contributed by atoms with Gasteiger partial charge in [0.15, 0.2) is 5.76 Å². The molecule has 0 radical (unpaired) electrons. The van der Waals surface area contributed by atoms with Gasteiger partial charge in [0, 0.05) is 12.1 Å². The van der Waals surface area contributed by atoms with Crippen molar-refractivity contribution in [2.45, 2.75) is 13.5 Å². The number of nitrogens with one attached hydrogen (secondary N) is 1. The molecule has 0 aliphatic heterocycles. The predicted molar refractivity (Wildman–Crippen MR) is 72.6 cm³/mol. The highest BCUT2D eigenvalue weighted by molar-refractivity contribution is 6.30. The van der Waals surface area contributed by atoms with E-state index in [1.165, 1.54) is 0 Å². The lowest BCUT2D eigenvalue weighted by Crippen LogP contribution is -2.16. The Kier molecular flexibility index (Phi) is 4.12. The molecule has 0 unspecified atom stereocenters. The minimum atomic E-state index is -0.256. The summed E-state index contributed by atoms with van der Waals surface area (Å²) in [5, 5.41) is 3.17. The van der Waals surface area contributed by atoms with Gasteiger partial charge in [-0.25, -0.2) is 0 Å². The summed E-state index contributed by atoms with van der Waals surface area (Å²) >= 11 is 5.87. The first-order chi connectivity index (χ1) is 9.10. The summed E-state index contributed by atoms with van der Waals surface area (Å²) in [4.78, 5) is 11.3. The van der Waals surface area contributed by atoms with Gasteiger partial charge in [-0.05, 0) is 42.8 Å². The van der Waals surface area contributed by atoms with Crippen molar-refractivity contribution in [2.24, 2.45) is 0 Å². The molecule has 0 bridgehead atoms. The highest BCUT2D eigenvalue weighted by atomic mass is 35.5. The van der Waals surface area contributed by atoms with Crippen LogP contribution in [0, 0.1) is 6.92 Å². The van der Waals surface area contributed by atoms with Crippen LogP contribution in [-0.4, -0.2) is 13.0 Å². The third-order valence-corrected chi connectivity index (χ3v) is 2.85. The van der Waals surface area contributed by atoms with E-state index >= 15 is 0 Å². The van der Waals surface area contributed by atoms with Gasteiger partial charge in [-0.15, -0.1) is 0 Å². The lowest BCUT2D eigenvalue weighted by atomic mass is 10.2. The fourth-order valence-corrected chi connectivity index (χ4v) is 1.85. The molecule has 0 fully saturated rings. The average molecular weight is 280 g/mol. The van der Waals surface area contributed by atoms with Crippen LogP contribution in [0.5, 0.6) is 5.75 Å². The van der Waals surface area contributed by atoms with Crippen LogP contribution in [0.4, 0.5) is 0 Å². The largest absolute Gasteiger partial charge is 0.485 e. The Morgan fingerprint density at radius 2 is 2.16 bits per heavy atom. The van der Waals surface area contributed by atoms with Crippen LogP contribution in [0.1, 0.15) is 21.9 Å². The maximum Gasteiger partial charge on any atom is 0.286 e. The number of ether oxygens (including phenoxy) is 1. The van der Waals surface area contributed by atoms with Crippen molar-refractivity contribution in [2.75, 3.05) is 7.05 Å². The van der Waals surface area contributed by atoms with E-state index < -0.39 is 0 Å². The van der Waals surface area contributed by atoms with Crippen molar-refractivity contribution in [3.63, 3.8) is 0 Å². The average Bonchev–Trinajstić information content (AvgIpc) is 2.85. The standard InChI is InChI=1S/C14H14ClNO3/c1-9-7-10(15)3-5-12(9)18-8-11-4-6-13(19-11)14(17)16-2/h3-7H,8H2,1-2H3,(H,16,17). The number of carbonyl (C=O) groups excluding carboxylic acids is 1. The molecule has 0 aliphatic carbocycles. The number of carbonyl (C=O) groups is 1. The topological polar surface area (TPSA) is 51.5 Å². The molecule has 5 heteroatoms. The molecule has 19 heavy (non-hydrogen) atoms. The summed E-state index contributed by atoms with van der Waals surface area (Å²) in [6, 6.07) is 8.74. The molecular formula is C14H14ClNO3. The van der Waals surface area contributed by atoms with Gasteiger partial charge in [0.2, 0.25) is 0 Å². The number of rotatable bonds is 4. The van der Waals surface area contributed by atoms with Crippen molar-refractivity contribution >= 4 is 17.5 Å². The molecule has 1 aromatic carbocycles. The second-order valence-electron chi connectivity index (χ2n) is 4.04. The van der Waals surface area contributed by atoms with Crippen molar-refractivity contribution in [1.82, 2.24) is 5.32 Å². The third-order valence-electron chi connectivity index (χ3n) is 2.62. The highest BCUT2D eigenvalue weighted by Gasteiger charge is 2.09. The molecular weight excluding hydrogens is 266 g/mol. The van der Waals surface area contributed by atoms with Gasteiger partial charge in [0.05, 0.1) is 0 Å². The van der Waals surface area contributed by atoms with Crippen molar-refractivity contribution in [1.29, 1.82) is 0 Å². The maximum atomic E-state index is 11.3. The van der Waals surface area contributed by atoms with E-state index in [0.717, 1.165) is 11.3 Å². The molecule has 1 amide bonds. The summed E-state index contributed by atoms with van der Waals surface area (Å²) in [5.41, 5.74) is 0.950. The highest BCUT2D eigenvalue weighted by Crippen LogP contribution is 2.23. The van der Waals surface area contributed by atoms with Gasteiger partial charge >= 0.3 is 0 Å². The third kappa shape index (κ3) is 3.29. The molecule has 2 rings (SSSR count). The number of benzene rings is 1. The monoisotopic (exact) mass is 279 g/mol. The molecule has 2 aromatic rings. The van der Waals surface area contributed by atoms with Crippen LogP contribution in [0.3, 0.4) is 0 Å². The number of halogens is 1. The zero-order valence-corrected chi connectivity index (χ0v) is 11.5. The van der Waals surface area contributed by atoms with Gasteiger partial charge in [-0.3, -0.25) is 4.79 Å². The van der Waals surface area contributed by atoms with E-state index in [2.05, 4.69) is 5.32 Å². The van der Waals surface area contributed by atoms with E-state index in [0.29, 0.717) is 10.8 Å². The maximum absolute atomic E-state index is 11.3. The predicted octanol–water partition coefficient (Wildman–Crippen LogP) is 3.18. The Morgan fingerprint density at radius 3 is 2.84 bits per heavy atom. The Labute approximate surface area is 116 Å². The van der Waals surface area contributed by atoms with Crippen LogP contribution in [0.15, 0.2) is 34.7 Å². The Hall–Kier alpha value is -1.94.